The third-order valence-corrected chi connectivity index (χ3v) is 2.02. The summed E-state index contributed by atoms with van der Waals surface area (Å²) in [4.78, 5) is 23.5. The number of terminal acetylenes is 1. The second-order valence-electron chi connectivity index (χ2n) is 2.93. The number of carbonyl (C=O) groups excluding carboxylic acids is 2. The van der Waals surface area contributed by atoms with Crippen molar-refractivity contribution < 1.29 is 9.59 Å². The van der Waals surface area contributed by atoms with Crippen molar-refractivity contribution in [1.29, 1.82) is 0 Å². The summed E-state index contributed by atoms with van der Waals surface area (Å²) < 4.78 is 0. The lowest BCUT2D eigenvalue weighted by Crippen LogP contribution is -2.35. The second kappa shape index (κ2) is 3.40. The van der Waals surface area contributed by atoms with Crippen molar-refractivity contribution in [2.24, 2.45) is 0 Å². The molecule has 1 rings (SSSR count). The number of carbonyl (C=O) groups is 2. The van der Waals surface area contributed by atoms with Crippen LogP contribution in [-0.2, 0) is 9.59 Å². The van der Waals surface area contributed by atoms with Gasteiger partial charge in [0.2, 0.25) is 5.78 Å². The number of likely N-dealkylation sites (tertiary alicyclic amines) is 1. The molecule has 0 aromatic heterocycles. The first-order chi connectivity index (χ1) is 5.66. The lowest BCUT2D eigenvalue weighted by Gasteiger charge is -2.20. The summed E-state index contributed by atoms with van der Waals surface area (Å²) in [5.74, 6) is 1.80. The Morgan fingerprint density at radius 2 is 2.33 bits per heavy atom. The fraction of sp³-hybridized carbons (Fsp3) is 0.556. The average molecular weight is 165 g/mol. The Bertz CT molecular complexity index is 252. The largest absolute Gasteiger partial charge is 0.332 e. The maximum atomic E-state index is 11.1. The van der Waals surface area contributed by atoms with Crippen LogP contribution in [0.5, 0.6) is 0 Å². The first-order valence-electron chi connectivity index (χ1n) is 3.94. The van der Waals surface area contributed by atoms with Gasteiger partial charge in [0.1, 0.15) is 0 Å². The van der Waals surface area contributed by atoms with E-state index in [-0.39, 0.29) is 17.7 Å². The maximum absolute atomic E-state index is 11.1. The van der Waals surface area contributed by atoms with Crippen LogP contribution in [0.2, 0.25) is 0 Å². The Morgan fingerprint density at radius 3 is 2.75 bits per heavy atom. The number of hydrogen-bond donors (Lipinski definition) is 0. The van der Waals surface area contributed by atoms with E-state index in [1.807, 2.05) is 6.92 Å². The highest BCUT2D eigenvalue weighted by Gasteiger charge is 2.31. The van der Waals surface area contributed by atoms with E-state index in [4.69, 9.17) is 6.42 Å². The number of nitrogens with zero attached hydrogens (tertiary/aromatic N) is 1. The molecule has 12 heavy (non-hydrogen) atoms. The van der Waals surface area contributed by atoms with Gasteiger partial charge in [0.25, 0.3) is 5.91 Å². The van der Waals surface area contributed by atoms with Crippen LogP contribution in [0.3, 0.4) is 0 Å². The van der Waals surface area contributed by atoms with Crippen LogP contribution in [0, 0.1) is 12.3 Å². The van der Waals surface area contributed by atoms with Crippen molar-refractivity contribution in [1.82, 2.24) is 4.90 Å². The van der Waals surface area contributed by atoms with E-state index in [0.717, 1.165) is 0 Å². The fourth-order valence-corrected chi connectivity index (χ4v) is 1.29. The molecular weight excluding hydrogens is 154 g/mol. The zero-order valence-corrected chi connectivity index (χ0v) is 7.04. The molecule has 0 aromatic carbocycles. The molecule has 1 aliphatic rings. The van der Waals surface area contributed by atoms with Crippen LogP contribution in [-0.4, -0.2) is 29.2 Å². The fourth-order valence-electron chi connectivity index (χ4n) is 1.29. The van der Waals surface area contributed by atoms with Crippen LogP contribution in [0.1, 0.15) is 19.8 Å². The Kier molecular flexibility index (Phi) is 2.49. The van der Waals surface area contributed by atoms with Gasteiger partial charge in [-0.05, 0) is 6.92 Å². The van der Waals surface area contributed by atoms with Crippen molar-refractivity contribution in [2.45, 2.75) is 25.8 Å². The zero-order valence-electron chi connectivity index (χ0n) is 7.04. The van der Waals surface area contributed by atoms with E-state index in [9.17, 15) is 9.59 Å². The summed E-state index contributed by atoms with van der Waals surface area (Å²) in [6, 6.07) is -0.00560. The second-order valence-corrected chi connectivity index (χ2v) is 2.93. The SMILES string of the molecule is C#CCC(C)N1CCC(=O)C1=O. The lowest BCUT2D eigenvalue weighted by atomic mass is 10.2. The lowest BCUT2D eigenvalue weighted by molar-refractivity contribution is -0.140. The van der Waals surface area contributed by atoms with E-state index in [0.29, 0.717) is 19.4 Å². The van der Waals surface area contributed by atoms with Gasteiger partial charge in [-0.15, -0.1) is 12.3 Å². The molecule has 3 nitrogen and oxygen atoms in total. The molecule has 1 atom stereocenters. The molecule has 0 aromatic rings. The highest BCUT2D eigenvalue weighted by Crippen LogP contribution is 2.12. The third-order valence-electron chi connectivity index (χ3n) is 2.02. The third kappa shape index (κ3) is 1.48. The number of ketones is 1. The molecule has 1 aliphatic heterocycles. The van der Waals surface area contributed by atoms with Crippen LogP contribution in [0.15, 0.2) is 0 Å². The molecule has 1 saturated heterocycles. The summed E-state index contributed by atoms with van der Waals surface area (Å²) in [6.07, 6.45) is 5.96. The van der Waals surface area contributed by atoms with E-state index >= 15 is 0 Å². The zero-order chi connectivity index (χ0) is 9.14. The molecule has 1 unspecified atom stereocenters. The first kappa shape index (κ1) is 8.79. The standard InChI is InChI=1S/C9H11NO2/c1-3-4-7(2)10-6-5-8(11)9(10)12/h1,7H,4-6H2,2H3. The van der Waals surface area contributed by atoms with Gasteiger partial charge < -0.3 is 4.90 Å². The Balaban J connectivity index is 2.60. The number of hydrogen-bond acceptors (Lipinski definition) is 2. The van der Waals surface area contributed by atoms with Gasteiger partial charge in [0, 0.05) is 25.4 Å². The number of rotatable bonds is 2. The predicted octanol–water partition coefficient (Wildman–Crippen LogP) is 0.200. The minimum Gasteiger partial charge on any atom is -0.332 e. The van der Waals surface area contributed by atoms with Crippen molar-refractivity contribution in [3.05, 3.63) is 0 Å². The van der Waals surface area contributed by atoms with Crippen molar-refractivity contribution in [3.63, 3.8) is 0 Å². The van der Waals surface area contributed by atoms with Gasteiger partial charge in [-0.25, -0.2) is 0 Å². The minimum atomic E-state index is -0.377. The topological polar surface area (TPSA) is 37.4 Å². The number of amides is 1. The van der Waals surface area contributed by atoms with Crippen molar-refractivity contribution >= 4 is 11.7 Å². The quantitative estimate of drug-likeness (QED) is 0.433. The number of Topliss-reactive ketones (excluding diaryl/α,β-unsaturated/α-hetero) is 1. The Labute approximate surface area is 71.7 Å². The van der Waals surface area contributed by atoms with E-state index < -0.39 is 0 Å². The monoisotopic (exact) mass is 165 g/mol. The van der Waals surface area contributed by atoms with Gasteiger partial charge in [-0.2, -0.15) is 0 Å². The minimum absolute atomic E-state index is 0.00560. The van der Waals surface area contributed by atoms with Gasteiger partial charge in [-0.3, -0.25) is 9.59 Å². The molecule has 0 radical (unpaired) electrons. The first-order valence-corrected chi connectivity index (χ1v) is 3.94. The molecule has 1 amide bonds. The van der Waals surface area contributed by atoms with Crippen LogP contribution >= 0.6 is 0 Å². The average Bonchev–Trinajstić information content (AvgIpc) is 2.34. The normalized spacial score (nSPS) is 19.5. The molecular formula is C9H11NO2. The molecule has 3 heteroatoms. The van der Waals surface area contributed by atoms with Crippen LogP contribution in [0.25, 0.3) is 0 Å². The maximum Gasteiger partial charge on any atom is 0.290 e. The van der Waals surface area contributed by atoms with E-state index in [2.05, 4.69) is 5.92 Å². The Morgan fingerprint density at radius 1 is 1.67 bits per heavy atom. The molecule has 64 valence electrons. The summed E-state index contributed by atoms with van der Waals surface area (Å²) in [5, 5.41) is 0. The molecule has 0 aliphatic carbocycles. The predicted molar refractivity (Wildman–Crippen MR) is 44.2 cm³/mol. The molecule has 0 bridgehead atoms. The summed E-state index contributed by atoms with van der Waals surface area (Å²) in [5.41, 5.74) is 0. The molecule has 0 N–H and O–H groups in total. The summed E-state index contributed by atoms with van der Waals surface area (Å²) in [6.45, 7) is 2.39. The van der Waals surface area contributed by atoms with Gasteiger partial charge in [0.05, 0.1) is 0 Å². The van der Waals surface area contributed by atoms with Crippen molar-refractivity contribution in [3.8, 4) is 12.3 Å². The smallest absolute Gasteiger partial charge is 0.290 e. The summed E-state index contributed by atoms with van der Waals surface area (Å²) >= 11 is 0. The van der Waals surface area contributed by atoms with Gasteiger partial charge in [0.15, 0.2) is 0 Å². The molecule has 1 heterocycles. The molecule has 1 fully saturated rings. The van der Waals surface area contributed by atoms with Crippen molar-refractivity contribution in [2.75, 3.05) is 6.54 Å². The highest BCUT2D eigenvalue weighted by molar-refractivity contribution is 6.37. The van der Waals surface area contributed by atoms with Crippen LogP contribution < -0.4 is 0 Å². The summed E-state index contributed by atoms with van der Waals surface area (Å²) in [7, 11) is 0. The van der Waals surface area contributed by atoms with Crippen LogP contribution in [0.4, 0.5) is 0 Å². The van der Waals surface area contributed by atoms with Gasteiger partial charge >= 0.3 is 0 Å². The highest BCUT2D eigenvalue weighted by atomic mass is 16.2. The van der Waals surface area contributed by atoms with Gasteiger partial charge in [-0.1, -0.05) is 0 Å². The molecule has 0 spiro atoms. The van der Waals surface area contributed by atoms with E-state index in [1.54, 1.807) is 4.90 Å². The van der Waals surface area contributed by atoms with E-state index in [1.165, 1.54) is 0 Å². The Hall–Kier alpha value is -1.30. The molecule has 0 saturated carbocycles.